The predicted octanol–water partition coefficient (Wildman–Crippen LogP) is 20.8. The van der Waals surface area contributed by atoms with E-state index in [1.54, 1.807) is 14.2 Å². The van der Waals surface area contributed by atoms with Gasteiger partial charge in [-0.15, -0.1) is 0 Å². The van der Waals surface area contributed by atoms with E-state index >= 15 is 0 Å². The molecular formula is C79H60N4O4. The van der Waals surface area contributed by atoms with Gasteiger partial charge in [0.1, 0.15) is 34.5 Å². The molecule has 0 fully saturated rings. The van der Waals surface area contributed by atoms with E-state index in [1.165, 1.54) is 66.1 Å². The van der Waals surface area contributed by atoms with E-state index in [-0.39, 0.29) is 0 Å². The van der Waals surface area contributed by atoms with Gasteiger partial charge in [0.2, 0.25) is 0 Å². The van der Waals surface area contributed by atoms with Crippen LogP contribution in [0.1, 0.15) is 36.1 Å². The molecule has 0 unspecified atom stereocenters. The Balaban J connectivity index is 0.877. The summed E-state index contributed by atoms with van der Waals surface area (Å²) in [6.45, 7) is 6.00. The minimum absolute atomic E-state index is 0.683. The Morgan fingerprint density at radius 1 is 0.287 bits per heavy atom. The van der Waals surface area contributed by atoms with Crippen molar-refractivity contribution in [2.24, 2.45) is 0 Å². The van der Waals surface area contributed by atoms with E-state index in [0.717, 1.165) is 104 Å². The summed E-state index contributed by atoms with van der Waals surface area (Å²) in [5, 5.41) is 4.75. The van der Waals surface area contributed by atoms with E-state index in [1.807, 2.05) is 60.7 Å². The second kappa shape index (κ2) is 20.7. The van der Waals surface area contributed by atoms with Gasteiger partial charge in [0.05, 0.1) is 41.7 Å². The van der Waals surface area contributed by atoms with Crippen LogP contribution in [0.15, 0.2) is 267 Å². The van der Waals surface area contributed by atoms with Gasteiger partial charge in [-0.25, -0.2) is 0 Å². The van der Waals surface area contributed by atoms with Gasteiger partial charge in [-0.3, -0.25) is 0 Å². The van der Waals surface area contributed by atoms with Gasteiger partial charge in [0, 0.05) is 80.9 Å². The van der Waals surface area contributed by atoms with Gasteiger partial charge < -0.3 is 37.9 Å². The quantitative estimate of drug-likeness (QED) is 0.108. The van der Waals surface area contributed by atoms with E-state index in [9.17, 15) is 0 Å². The van der Waals surface area contributed by atoms with E-state index in [2.05, 4.69) is 239 Å². The van der Waals surface area contributed by atoms with Gasteiger partial charge in [0.25, 0.3) is 0 Å². The molecular weight excluding hydrogens is 1070 g/mol. The molecule has 0 saturated heterocycles. The van der Waals surface area contributed by atoms with Crippen LogP contribution in [-0.4, -0.2) is 23.4 Å². The number of para-hydroxylation sites is 2. The fourth-order valence-electron chi connectivity index (χ4n) is 14.2. The smallest absolute Gasteiger partial charge is 0.129 e. The maximum atomic E-state index is 6.39. The lowest BCUT2D eigenvalue weighted by atomic mass is 9.70. The monoisotopic (exact) mass is 1130 g/mol. The summed E-state index contributed by atoms with van der Waals surface area (Å²) < 4.78 is 29.1. The zero-order valence-corrected chi connectivity index (χ0v) is 48.7. The number of fused-ring (bicyclic) bond motifs is 16. The zero-order valence-electron chi connectivity index (χ0n) is 48.7. The van der Waals surface area contributed by atoms with Crippen molar-refractivity contribution < 1.29 is 18.9 Å². The molecule has 16 rings (SSSR count). The van der Waals surface area contributed by atoms with Crippen molar-refractivity contribution in [2.45, 2.75) is 32.4 Å². The lowest BCUT2D eigenvalue weighted by molar-refractivity contribution is 0.414. The van der Waals surface area contributed by atoms with Gasteiger partial charge in [-0.2, -0.15) is 0 Å². The molecule has 12 aromatic carbocycles. The fourth-order valence-corrected chi connectivity index (χ4v) is 14.2. The van der Waals surface area contributed by atoms with E-state index in [0.29, 0.717) is 0 Å². The third-order valence-electron chi connectivity index (χ3n) is 18.0. The standard InChI is InChI=1S/C79H60N4O4/c1-5-80-75-47-55(31-41-67(75)69-43-37-61(49-77(69)80)86-59-17-9-7-10-18-59)82(51-25-33-57(84-3)34-26-51)53-29-39-65-66-40-30-54(46-74(66)79(73(65)45-53)71-23-15-13-21-63(71)64-22-14-16-24-72(64)79)83(52-27-35-58(85-4)36-28-52)56-32-42-68-70-44-38-62(87-60-19-11-8-12-20-60)50-78(70)81(6-2)76(68)48-56/h7-50H,5-6H2,1-4H3. The zero-order chi connectivity index (χ0) is 58.3. The maximum absolute atomic E-state index is 6.39. The Morgan fingerprint density at radius 2 is 0.609 bits per heavy atom. The average Bonchev–Trinajstić information content (AvgIpc) is 1.52. The van der Waals surface area contributed by atoms with Crippen LogP contribution < -0.4 is 28.7 Å². The highest BCUT2D eigenvalue weighted by atomic mass is 16.5. The number of benzene rings is 12. The number of ether oxygens (including phenoxy) is 4. The molecule has 0 amide bonds. The van der Waals surface area contributed by atoms with Crippen LogP contribution in [0.3, 0.4) is 0 Å². The van der Waals surface area contributed by atoms with Crippen LogP contribution in [0, 0.1) is 0 Å². The summed E-state index contributed by atoms with van der Waals surface area (Å²) in [6, 6.07) is 96.0. The van der Waals surface area contributed by atoms with Crippen molar-refractivity contribution in [2.75, 3.05) is 24.0 Å². The van der Waals surface area contributed by atoms with Crippen molar-refractivity contribution >= 4 is 77.7 Å². The molecule has 2 heterocycles. The molecule has 420 valence electrons. The van der Waals surface area contributed by atoms with Crippen molar-refractivity contribution in [3.8, 4) is 56.8 Å². The Hall–Kier alpha value is -11.0. The minimum atomic E-state index is -0.683. The Morgan fingerprint density at radius 3 is 1.01 bits per heavy atom. The summed E-state index contributed by atoms with van der Waals surface area (Å²) in [7, 11) is 3.45. The number of hydrogen-bond donors (Lipinski definition) is 0. The molecule has 8 heteroatoms. The summed E-state index contributed by atoms with van der Waals surface area (Å²) >= 11 is 0. The van der Waals surface area contributed by atoms with Crippen LogP contribution >= 0.6 is 0 Å². The lowest BCUT2D eigenvalue weighted by Crippen LogP contribution is -2.26. The second-order valence-electron chi connectivity index (χ2n) is 22.4. The van der Waals surface area contributed by atoms with Gasteiger partial charge in [-0.1, -0.05) is 109 Å². The van der Waals surface area contributed by atoms with Crippen LogP contribution in [0.4, 0.5) is 34.1 Å². The second-order valence-corrected chi connectivity index (χ2v) is 22.4. The molecule has 0 aliphatic heterocycles. The Labute approximate surface area is 505 Å². The molecule has 0 atom stereocenters. The first-order chi connectivity index (χ1) is 42.9. The van der Waals surface area contributed by atoms with Gasteiger partial charge >= 0.3 is 0 Å². The highest BCUT2D eigenvalue weighted by molar-refractivity contribution is 6.11. The molecule has 2 aliphatic carbocycles. The van der Waals surface area contributed by atoms with Crippen molar-refractivity contribution in [3.05, 3.63) is 289 Å². The number of aryl methyl sites for hydroxylation is 2. The normalized spacial score (nSPS) is 12.6. The van der Waals surface area contributed by atoms with Crippen molar-refractivity contribution in [3.63, 3.8) is 0 Å². The molecule has 14 aromatic rings. The highest BCUT2D eigenvalue weighted by Crippen LogP contribution is 2.64. The van der Waals surface area contributed by atoms with Gasteiger partial charge in [0.15, 0.2) is 0 Å². The SMILES string of the molecule is CCn1c2cc(Oc3ccccc3)ccc2c2ccc(N(c3ccc(OC)cc3)c3ccc4c(c3)C3(c5ccccc5-c5ccccc53)c3cc(N(c5ccc(OC)cc5)c5ccc6c7ccc(Oc8ccccc8)cc7n(CC)c6c5)ccc3-4)cc21. The number of hydrogen-bond acceptors (Lipinski definition) is 6. The maximum Gasteiger partial charge on any atom is 0.129 e. The number of anilines is 6. The molecule has 0 N–H and O–H groups in total. The largest absolute Gasteiger partial charge is 0.497 e. The van der Waals surface area contributed by atoms with Crippen LogP contribution in [0.2, 0.25) is 0 Å². The van der Waals surface area contributed by atoms with Crippen LogP contribution in [0.5, 0.6) is 34.5 Å². The first kappa shape index (κ1) is 51.7. The topological polar surface area (TPSA) is 53.3 Å². The molecule has 2 aliphatic rings. The third kappa shape index (κ3) is 8.19. The molecule has 87 heavy (non-hydrogen) atoms. The lowest BCUT2D eigenvalue weighted by Gasteiger charge is -2.33. The highest BCUT2D eigenvalue weighted by Gasteiger charge is 2.52. The summed E-state index contributed by atoms with van der Waals surface area (Å²) in [5.41, 5.74) is 20.0. The van der Waals surface area contributed by atoms with E-state index < -0.39 is 5.41 Å². The third-order valence-corrected chi connectivity index (χ3v) is 18.0. The molecule has 8 nitrogen and oxygen atoms in total. The summed E-state index contributed by atoms with van der Waals surface area (Å²) in [4.78, 5) is 4.81. The van der Waals surface area contributed by atoms with Crippen molar-refractivity contribution in [1.82, 2.24) is 9.13 Å². The van der Waals surface area contributed by atoms with E-state index in [4.69, 9.17) is 18.9 Å². The molecule has 1 spiro atoms. The number of aromatic nitrogens is 2. The molecule has 0 saturated carbocycles. The predicted molar refractivity (Wildman–Crippen MR) is 356 cm³/mol. The Bertz CT molecular complexity index is 4670. The van der Waals surface area contributed by atoms with Crippen LogP contribution in [0.25, 0.3) is 65.9 Å². The molecule has 0 radical (unpaired) electrons. The summed E-state index contributed by atoms with van der Waals surface area (Å²) in [5.74, 6) is 4.82. The fraction of sp³-hybridized carbons (Fsp3) is 0.0886. The number of nitrogens with zero attached hydrogens (tertiary/aromatic N) is 4. The summed E-state index contributed by atoms with van der Waals surface area (Å²) in [6.07, 6.45) is 0. The number of methoxy groups -OCH3 is 2. The van der Waals surface area contributed by atoms with Gasteiger partial charge in [-0.05, 0) is 204 Å². The number of rotatable bonds is 14. The first-order valence-electron chi connectivity index (χ1n) is 29.9. The Kier molecular flexibility index (Phi) is 12.3. The molecule has 2 aromatic heterocycles. The van der Waals surface area contributed by atoms with Crippen molar-refractivity contribution in [1.29, 1.82) is 0 Å². The van der Waals surface area contributed by atoms with Crippen LogP contribution in [-0.2, 0) is 18.5 Å². The minimum Gasteiger partial charge on any atom is -0.497 e. The first-order valence-corrected chi connectivity index (χ1v) is 29.9. The average molecular weight is 1130 g/mol. The molecule has 0 bridgehead atoms.